The van der Waals surface area contributed by atoms with E-state index in [0.29, 0.717) is 23.6 Å². The molecule has 3 rings (SSSR count). The Labute approximate surface area is 136 Å². The molecule has 23 heavy (non-hydrogen) atoms. The van der Waals surface area contributed by atoms with E-state index in [1.165, 1.54) is 19.3 Å². The number of nitriles is 1. The van der Waals surface area contributed by atoms with Crippen molar-refractivity contribution in [1.29, 1.82) is 5.26 Å². The van der Waals surface area contributed by atoms with E-state index in [9.17, 15) is 4.79 Å². The number of nitrogens with one attached hydrogen (secondary N) is 1. The number of nitrogens with zero attached hydrogens (tertiary/aromatic N) is 3. The molecule has 0 aliphatic heterocycles. The van der Waals surface area contributed by atoms with Gasteiger partial charge in [-0.05, 0) is 38.0 Å². The summed E-state index contributed by atoms with van der Waals surface area (Å²) in [5.74, 6) is 1.58. The molecule has 0 saturated heterocycles. The van der Waals surface area contributed by atoms with Gasteiger partial charge in [0.15, 0.2) is 0 Å². The third-order valence-electron chi connectivity index (χ3n) is 4.43. The lowest BCUT2D eigenvalue weighted by Gasteiger charge is -2.26. The van der Waals surface area contributed by atoms with Crippen LogP contribution >= 0.6 is 0 Å². The number of hydrogen-bond acceptors (Lipinski definition) is 3. The van der Waals surface area contributed by atoms with Crippen molar-refractivity contribution >= 4 is 5.91 Å². The molecule has 1 amide bonds. The van der Waals surface area contributed by atoms with E-state index in [4.69, 9.17) is 5.26 Å². The van der Waals surface area contributed by atoms with Crippen LogP contribution < -0.4 is 5.32 Å². The van der Waals surface area contributed by atoms with E-state index in [1.54, 1.807) is 24.3 Å². The summed E-state index contributed by atoms with van der Waals surface area (Å²) in [5, 5.41) is 11.8. The summed E-state index contributed by atoms with van der Waals surface area (Å²) in [5.41, 5.74) is 2.15. The fourth-order valence-electron chi connectivity index (χ4n) is 2.88. The largest absolute Gasteiger partial charge is 0.350 e. The van der Waals surface area contributed by atoms with Gasteiger partial charge in [0.05, 0.1) is 11.6 Å². The van der Waals surface area contributed by atoms with Gasteiger partial charge < -0.3 is 9.88 Å². The Morgan fingerprint density at radius 1 is 1.48 bits per heavy atom. The average Bonchev–Trinajstić information content (AvgIpc) is 2.87. The van der Waals surface area contributed by atoms with Gasteiger partial charge >= 0.3 is 0 Å². The number of amides is 1. The molecular weight excluding hydrogens is 288 g/mol. The van der Waals surface area contributed by atoms with Gasteiger partial charge in [-0.3, -0.25) is 4.79 Å². The molecule has 0 atom stereocenters. The standard InChI is InChI=1S/C18H20N4O/c1-13-12-21-17(15-5-3-6-15)22(13)9-8-20-18(23)16-7-2-4-14(10-16)11-19/h2,4,7,10,12,15H,3,5-6,8-9H2,1H3,(H,20,23). The highest BCUT2D eigenvalue weighted by atomic mass is 16.1. The average molecular weight is 308 g/mol. The van der Waals surface area contributed by atoms with E-state index in [2.05, 4.69) is 14.9 Å². The number of aryl methyl sites for hydroxylation is 1. The molecule has 0 bridgehead atoms. The Balaban J connectivity index is 1.60. The summed E-state index contributed by atoms with van der Waals surface area (Å²) in [4.78, 5) is 16.7. The van der Waals surface area contributed by atoms with Crippen molar-refractivity contribution in [3.63, 3.8) is 0 Å². The SMILES string of the molecule is Cc1cnc(C2CCC2)n1CCNC(=O)c1cccc(C#N)c1. The normalized spacial score (nSPS) is 14.1. The zero-order valence-electron chi connectivity index (χ0n) is 13.2. The zero-order valence-corrected chi connectivity index (χ0v) is 13.2. The van der Waals surface area contributed by atoms with Crippen molar-refractivity contribution in [2.45, 2.75) is 38.6 Å². The van der Waals surface area contributed by atoms with Crippen molar-refractivity contribution < 1.29 is 4.79 Å². The topological polar surface area (TPSA) is 70.7 Å². The minimum atomic E-state index is -0.148. The second-order valence-electron chi connectivity index (χ2n) is 5.99. The third-order valence-corrected chi connectivity index (χ3v) is 4.43. The molecule has 118 valence electrons. The predicted molar refractivity (Wildman–Crippen MR) is 87.0 cm³/mol. The van der Waals surface area contributed by atoms with Gasteiger partial charge in [-0.2, -0.15) is 5.26 Å². The fraction of sp³-hybridized carbons (Fsp3) is 0.389. The molecule has 0 unspecified atom stereocenters. The summed E-state index contributed by atoms with van der Waals surface area (Å²) >= 11 is 0. The molecule has 5 nitrogen and oxygen atoms in total. The maximum absolute atomic E-state index is 12.2. The van der Waals surface area contributed by atoms with E-state index in [0.717, 1.165) is 18.1 Å². The minimum Gasteiger partial charge on any atom is -0.350 e. The molecule has 1 aliphatic carbocycles. The molecule has 0 spiro atoms. The predicted octanol–water partition coefficient (Wildman–Crippen LogP) is 2.76. The summed E-state index contributed by atoms with van der Waals surface area (Å²) in [6, 6.07) is 8.79. The van der Waals surface area contributed by atoms with Gasteiger partial charge in [-0.25, -0.2) is 4.98 Å². The van der Waals surface area contributed by atoms with Crippen LogP contribution in [0.25, 0.3) is 0 Å². The molecule has 1 saturated carbocycles. The maximum Gasteiger partial charge on any atom is 0.251 e. The molecular formula is C18H20N4O. The van der Waals surface area contributed by atoms with Crippen LogP contribution in [0, 0.1) is 18.3 Å². The van der Waals surface area contributed by atoms with E-state index >= 15 is 0 Å². The fourth-order valence-corrected chi connectivity index (χ4v) is 2.88. The van der Waals surface area contributed by atoms with Crippen LogP contribution in [0.15, 0.2) is 30.5 Å². The van der Waals surface area contributed by atoms with Crippen molar-refractivity contribution in [2.75, 3.05) is 6.54 Å². The molecule has 1 aromatic heterocycles. The summed E-state index contributed by atoms with van der Waals surface area (Å²) in [6.07, 6.45) is 5.61. The van der Waals surface area contributed by atoms with Crippen molar-refractivity contribution in [3.05, 3.63) is 53.1 Å². The van der Waals surface area contributed by atoms with Gasteiger partial charge in [-0.15, -0.1) is 0 Å². The van der Waals surface area contributed by atoms with Crippen LogP contribution in [0.5, 0.6) is 0 Å². The van der Waals surface area contributed by atoms with Gasteiger partial charge in [-0.1, -0.05) is 12.5 Å². The van der Waals surface area contributed by atoms with Gasteiger partial charge in [0.1, 0.15) is 5.82 Å². The summed E-state index contributed by atoms with van der Waals surface area (Å²) in [6.45, 7) is 3.32. The molecule has 0 radical (unpaired) electrons. The lowest BCUT2D eigenvalue weighted by molar-refractivity contribution is 0.0952. The number of rotatable bonds is 5. The zero-order chi connectivity index (χ0) is 16.2. The van der Waals surface area contributed by atoms with Crippen LogP contribution in [-0.4, -0.2) is 22.0 Å². The Morgan fingerprint density at radius 2 is 2.30 bits per heavy atom. The van der Waals surface area contributed by atoms with Crippen LogP contribution in [0.1, 0.15) is 52.6 Å². The second kappa shape index (κ2) is 6.66. The molecule has 1 aromatic carbocycles. The highest BCUT2D eigenvalue weighted by molar-refractivity contribution is 5.94. The lowest BCUT2D eigenvalue weighted by atomic mass is 9.85. The maximum atomic E-state index is 12.2. The van der Waals surface area contributed by atoms with Crippen molar-refractivity contribution in [1.82, 2.24) is 14.9 Å². The van der Waals surface area contributed by atoms with Gasteiger partial charge in [0.2, 0.25) is 0 Å². The first-order chi connectivity index (χ1) is 11.2. The second-order valence-corrected chi connectivity index (χ2v) is 5.99. The van der Waals surface area contributed by atoms with Gasteiger partial charge in [0, 0.05) is 36.5 Å². The van der Waals surface area contributed by atoms with E-state index in [1.807, 2.05) is 19.2 Å². The number of aromatic nitrogens is 2. The summed E-state index contributed by atoms with van der Waals surface area (Å²) in [7, 11) is 0. The Hall–Kier alpha value is -2.61. The molecule has 1 fully saturated rings. The molecule has 1 heterocycles. The molecule has 5 heteroatoms. The van der Waals surface area contributed by atoms with Gasteiger partial charge in [0.25, 0.3) is 5.91 Å². The van der Waals surface area contributed by atoms with Crippen molar-refractivity contribution in [2.24, 2.45) is 0 Å². The smallest absolute Gasteiger partial charge is 0.251 e. The highest BCUT2D eigenvalue weighted by Crippen LogP contribution is 2.35. The molecule has 2 aromatic rings. The van der Waals surface area contributed by atoms with E-state index < -0.39 is 0 Å². The van der Waals surface area contributed by atoms with Crippen LogP contribution in [0.4, 0.5) is 0 Å². The van der Waals surface area contributed by atoms with E-state index in [-0.39, 0.29) is 5.91 Å². The lowest BCUT2D eigenvalue weighted by Crippen LogP contribution is -2.28. The first kappa shape index (κ1) is 15.3. The van der Waals surface area contributed by atoms with Crippen LogP contribution in [0.2, 0.25) is 0 Å². The summed E-state index contributed by atoms with van der Waals surface area (Å²) < 4.78 is 2.20. The monoisotopic (exact) mass is 308 g/mol. The van der Waals surface area contributed by atoms with Crippen LogP contribution in [-0.2, 0) is 6.54 Å². The number of hydrogen-bond donors (Lipinski definition) is 1. The third kappa shape index (κ3) is 3.26. The number of imidazole rings is 1. The first-order valence-electron chi connectivity index (χ1n) is 7.99. The Bertz CT molecular complexity index is 753. The molecule has 1 aliphatic rings. The number of carbonyl (C=O) groups is 1. The quantitative estimate of drug-likeness (QED) is 0.923. The molecule has 1 N–H and O–H groups in total. The van der Waals surface area contributed by atoms with Crippen molar-refractivity contribution in [3.8, 4) is 6.07 Å². The number of benzene rings is 1. The Morgan fingerprint density at radius 3 is 3.00 bits per heavy atom. The first-order valence-corrected chi connectivity index (χ1v) is 7.99. The number of carbonyl (C=O) groups excluding carboxylic acids is 1. The Kier molecular flexibility index (Phi) is 4.42. The highest BCUT2D eigenvalue weighted by Gasteiger charge is 2.24. The minimum absolute atomic E-state index is 0.148. The van der Waals surface area contributed by atoms with Crippen LogP contribution in [0.3, 0.4) is 0 Å².